The molecule has 2 aromatic carbocycles. The van der Waals surface area contributed by atoms with Crippen LogP contribution in [0.3, 0.4) is 0 Å². The minimum Gasteiger partial charge on any atom is -0.296 e. The van der Waals surface area contributed by atoms with E-state index in [1.54, 1.807) is 36.4 Å². The molecule has 24 heavy (non-hydrogen) atoms. The van der Waals surface area contributed by atoms with E-state index in [-0.39, 0.29) is 11.7 Å². The maximum atomic E-state index is 12.9. The summed E-state index contributed by atoms with van der Waals surface area (Å²) in [4.78, 5) is 12.1. The highest BCUT2D eigenvalue weighted by molar-refractivity contribution is 9.10. The van der Waals surface area contributed by atoms with E-state index in [9.17, 15) is 9.18 Å². The molecule has 0 unspecified atom stereocenters. The third-order valence-corrected chi connectivity index (χ3v) is 5.58. The largest absolute Gasteiger partial charge is 0.296 e. The number of benzene rings is 2. The minimum atomic E-state index is -0.252. The number of anilines is 1. The summed E-state index contributed by atoms with van der Waals surface area (Å²) in [5.41, 5.74) is 1.55. The summed E-state index contributed by atoms with van der Waals surface area (Å²) < 4.78 is 14.5. The molecule has 0 bridgehead atoms. The highest BCUT2D eigenvalue weighted by atomic mass is 79.9. The lowest BCUT2D eigenvalue weighted by molar-refractivity contribution is 0.102. The molecule has 4 nitrogen and oxygen atoms in total. The Kier molecular flexibility index (Phi) is 5.60. The van der Waals surface area contributed by atoms with E-state index in [1.165, 1.54) is 35.2 Å². The van der Waals surface area contributed by atoms with Crippen LogP contribution in [-0.2, 0) is 5.75 Å². The van der Waals surface area contributed by atoms with Gasteiger partial charge >= 0.3 is 0 Å². The quantitative estimate of drug-likeness (QED) is 0.464. The third-order valence-electron chi connectivity index (χ3n) is 3.01. The van der Waals surface area contributed by atoms with Crippen LogP contribution < -0.4 is 5.32 Å². The highest BCUT2D eigenvalue weighted by Crippen LogP contribution is 2.28. The molecule has 0 atom stereocenters. The van der Waals surface area contributed by atoms with E-state index < -0.39 is 0 Å². The van der Waals surface area contributed by atoms with Crippen molar-refractivity contribution in [2.24, 2.45) is 0 Å². The number of amides is 1. The predicted molar refractivity (Wildman–Crippen MR) is 98.0 cm³/mol. The molecule has 1 amide bonds. The first-order chi connectivity index (χ1) is 11.6. The van der Waals surface area contributed by atoms with Gasteiger partial charge in [-0.3, -0.25) is 10.1 Å². The molecule has 1 N–H and O–H groups in total. The summed E-state index contributed by atoms with van der Waals surface area (Å²) in [6, 6.07) is 13.4. The molecule has 0 saturated carbocycles. The van der Waals surface area contributed by atoms with Gasteiger partial charge in [0, 0.05) is 15.8 Å². The zero-order valence-corrected chi connectivity index (χ0v) is 15.4. The Labute approximate surface area is 154 Å². The molecule has 3 aromatic rings. The Balaban J connectivity index is 1.58. The van der Waals surface area contributed by atoms with Crippen molar-refractivity contribution >= 4 is 50.1 Å². The number of carbonyl (C=O) groups excluding carboxylic acids is 1. The lowest BCUT2D eigenvalue weighted by Crippen LogP contribution is -2.11. The minimum absolute atomic E-state index is 0.228. The van der Waals surface area contributed by atoms with E-state index in [1.807, 2.05) is 0 Å². The molecular weight excluding hydrogens is 413 g/mol. The smallest absolute Gasteiger partial charge is 0.257 e. The molecule has 1 heterocycles. The van der Waals surface area contributed by atoms with E-state index >= 15 is 0 Å². The van der Waals surface area contributed by atoms with Crippen molar-refractivity contribution in [3.63, 3.8) is 0 Å². The van der Waals surface area contributed by atoms with Crippen LogP contribution in [0.2, 0.25) is 0 Å². The number of rotatable bonds is 5. The van der Waals surface area contributed by atoms with Gasteiger partial charge < -0.3 is 0 Å². The highest BCUT2D eigenvalue weighted by Gasteiger charge is 2.10. The Bertz CT molecular complexity index is 837. The van der Waals surface area contributed by atoms with Crippen LogP contribution >= 0.6 is 39.0 Å². The van der Waals surface area contributed by atoms with Crippen LogP contribution in [0.4, 0.5) is 9.52 Å². The lowest BCUT2D eigenvalue weighted by atomic mass is 10.2. The molecule has 0 saturated heterocycles. The summed E-state index contributed by atoms with van der Waals surface area (Å²) in [5, 5.41) is 11.2. The molecule has 1 aromatic heterocycles. The van der Waals surface area contributed by atoms with Gasteiger partial charge in [0.2, 0.25) is 5.13 Å². The summed E-state index contributed by atoms with van der Waals surface area (Å²) in [5.74, 6) is 0.182. The Hall–Kier alpha value is -1.77. The average Bonchev–Trinajstić information content (AvgIpc) is 3.02. The second-order valence-corrected chi connectivity index (χ2v) is 7.86. The fourth-order valence-corrected chi connectivity index (χ4v) is 3.78. The molecule has 0 fully saturated rings. The van der Waals surface area contributed by atoms with Crippen LogP contribution in [-0.4, -0.2) is 16.1 Å². The van der Waals surface area contributed by atoms with Gasteiger partial charge in [-0.15, -0.1) is 10.2 Å². The maximum Gasteiger partial charge on any atom is 0.257 e. The molecular formula is C16H11BrFN3OS2. The normalized spacial score (nSPS) is 10.6. The topological polar surface area (TPSA) is 54.9 Å². The van der Waals surface area contributed by atoms with Crippen LogP contribution in [0.5, 0.6) is 0 Å². The van der Waals surface area contributed by atoms with Gasteiger partial charge in [0.05, 0.1) is 0 Å². The number of thioether (sulfide) groups is 1. The number of aromatic nitrogens is 2. The van der Waals surface area contributed by atoms with Crippen molar-refractivity contribution in [1.29, 1.82) is 0 Å². The Morgan fingerprint density at radius 1 is 1.12 bits per heavy atom. The second kappa shape index (κ2) is 7.87. The SMILES string of the molecule is O=C(Nc1nnc(SCc2ccc(F)cc2)s1)c1ccc(Br)cc1. The number of halogens is 2. The van der Waals surface area contributed by atoms with Gasteiger partial charge in [-0.2, -0.15) is 0 Å². The van der Waals surface area contributed by atoms with E-state index in [0.717, 1.165) is 14.4 Å². The number of carbonyl (C=O) groups is 1. The van der Waals surface area contributed by atoms with E-state index in [0.29, 0.717) is 16.4 Å². The first-order valence-electron chi connectivity index (χ1n) is 6.88. The van der Waals surface area contributed by atoms with Crippen LogP contribution in [0.15, 0.2) is 57.3 Å². The molecule has 0 radical (unpaired) electrons. The Morgan fingerprint density at radius 3 is 2.54 bits per heavy atom. The van der Waals surface area contributed by atoms with Gasteiger partial charge in [0.25, 0.3) is 5.91 Å². The standard InChI is InChI=1S/C16H11BrFN3OS2/c17-12-5-3-11(4-6-12)14(22)19-15-20-21-16(24-15)23-9-10-1-7-13(18)8-2-10/h1-8H,9H2,(H,19,20,22). The van der Waals surface area contributed by atoms with E-state index in [4.69, 9.17) is 0 Å². The van der Waals surface area contributed by atoms with Crippen molar-refractivity contribution in [2.75, 3.05) is 5.32 Å². The van der Waals surface area contributed by atoms with Crippen molar-refractivity contribution in [1.82, 2.24) is 10.2 Å². The summed E-state index contributed by atoms with van der Waals surface area (Å²) in [6.45, 7) is 0. The second-order valence-electron chi connectivity index (χ2n) is 4.75. The summed E-state index contributed by atoms with van der Waals surface area (Å²) in [6.07, 6.45) is 0. The zero-order valence-electron chi connectivity index (χ0n) is 12.2. The van der Waals surface area contributed by atoms with Crippen LogP contribution in [0.25, 0.3) is 0 Å². The van der Waals surface area contributed by atoms with Gasteiger partial charge in [0.1, 0.15) is 5.82 Å². The lowest BCUT2D eigenvalue weighted by Gasteiger charge is -2.00. The average molecular weight is 424 g/mol. The zero-order chi connectivity index (χ0) is 16.9. The van der Waals surface area contributed by atoms with Gasteiger partial charge in [-0.1, -0.05) is 51.2 Å². The molecule has 122 valence electrons. The van der Waals surface area contributed by atoms with Crippen molar-refractivity contribution in [3.05, 3.63) is 69.9 Å². The fourth-order valence-electron chi connectivity index (χ4n) is 1.81. The molecule has 0 aliphatic carbocycles. The molecule has 0 aliphatic heterocycles. The number of nitrogens with zero attached hydrogens (tertiary/aromatic N) is 2. The summed E-state index contributed by atoms with van der Waals surface area (Å²) in [7, 11) is 0. The van der Waals surface area contributed by atoms with Crippen LogP contribution in [0.1, 0.15) is 15.9 Å². The third kappa shape index (κ3) is 4.62. The van der Waals surface area contributed by atoms with E-state index in [2.05, 4.69) is 31.4 Å². The first-order valence-corrected chi connectivity index (χ1v) is 9.47. The molecule has 8 heteroatoms. The number of nitrogens with one attached hydrogen (secondary N) is 1. The Morgan fingerprint density at radius 2 is 1.83 bits per heavy atom. The monoisotopic (exact) mass is 423 g/mol. The molecule has 0 aliphatic rings. The maximum absolute atomic E-state index is 12.9. The fraction of sp³-hybridized carbons (Fsp3) is 0.0625. The molecule has 0 spiro atoms. The van der Waals surface area contributed by atoms with Gasteiger partial charge in [-0.25, -0.2) is 4.39 Å². The molecule has 3 rings (SSSR count). The van der Waals surface area contributed by atoms with Gasteiger partial charge in [-0.05, 0) is 42.0 Å². The van der Waals surface area contributed by atoms with Crippen molar-refractivity contribution in [2.45, 2.75) is 10.1 Å². The predicted octanol–water partition coefficient (Wildman–Crippen LogP) is 4.98. The summed E-state index contributed by atoms with van der Waals surface area (Å²) >= 11 is 6.13. The van der Waals surface area contributed by atoms with Crippen molar-refractivity contribution in [3.8, 4) is 0 Å². The van der Waals surface area contributed by atoms with Crippen LogP contribution in [0, 0.1) is 5.82 Å². The van der Waals surface area contributed by atoms with Crippen molar-refractivity contribution < 1.29 is 9.18 Å². The van der Waals surface area contributed by atoms with Gasteiger partial charge in [0.15, 0.2) is 4.34 Å². The number of hydrogen-bond donors (Lipinski definition) is 1. The number of hydrogen-bond acceptors (Lipinski definition) is 5. The first kappa shape index (κ1) is 17.1.